The highest BCUT2D eigenvalue weighted by atomic mass is 35.5. The molecule has 0 amide bonds. The lowest BCUT2D eigenvalue weighted by molar-refractivity contribution is 0.154. The summed E-state index contributed by atoms with van der Waals surface area (Å²) in [5.74, 6) is 2.46. The molecule has 0 radical (unpaired) electrons. The number of hydrogen-bond donors (Lipinski definition) is 1. The van der Waals surface area contributed by atoms with Crippen molar-refractivity contribution in [2.24, 2.45) is 5.92 Å². The first-order valence-corrected chi connectivity index (χ1v) is 9.00. The number of halogens is 2. The molecule has 0 saturated carbocycles. The fourth-order valence-electron chi connectivity index (χ4n) is 3.32. The molecule has 144 valence electrons. The summed E-state index contributed by atoms with van der Waals surface area (Å²) in [6, 6.07) is 19.1. The Bertz CT molecular complexity index is 614. The maximum Gasteiger partial charge on any atom is 0.127 e. The van der Waals surface area contributed by atoms with Crippen LogP contribution in [0, 0.1) is 5.92 Å². The Labute approximate surface area is 169 Å². The molecule has 1 aliphatic rings. The van der Waals surface area contributed by atoms with Gasteiger partial charge < -0.3 is 10.1 Å². The number of piperazine rings is 1. The van der Waals surface area contributed by atoms with Crippen LogP contribution < -0.4 is 10.1 Å². The zero-order valence-corrected chi connectivity index (χ0v) is 17.2. The van der Waals surface area contributed by atoms with Gasteiger partial charge in [-0.05, 0) is 42.2 Å². The lowest BCUT2D eigenvalue weighted by atomic mass is 9.95. The minimum Gasteiger partial charge on any atom is -0.457 e. The Morgan fingerprint density at radius 2 is 1.46 bits per heavy atom. The van der Waals surface area contributed by atoms with Gasteiger partial charge in [-0.3, -0.25) is 4.90 Å². The van der Waals surface area contributed by atoms with E-state index in [0.29, 0.717) is 12.0 Å². The van der Waals surface area contributed by atoms with Crippen LogP contribution in [-0.2, 0) is 0 Å². The van der Waals surface area contributed by atoms with E-state index in [0.717, 1.165) is 37.7 Å². The number of benzene rings is 2. The maximum atomic E-state index is 5.92. The van der Waals surface area contributed by atoms with Gasteiger partial charge in [0.25, 0.3) is 0 Å². The Balaban J connectivity index is 0.00000169. The Kier molecular flexibility index (Phi) is 10.0. The van der Waals surface area contributed by atoms with Crippen molar-refractivity contribution in [2.75, 3.05) is 26.2 Å². The third-order valence-electron chi connectivity index (χ3n) is 4.53. The third kappa shape index (κ3) is 6.48. The largest absolute Gasteiger partial charge is 0.457 e. The van der Waals surface area contributed by atoms with Crippen LogP contribution in [0.3, 0.4) is 0 Å². The van der Waals surface area contributed by atoms with E-state index >= 15 is 0 Å². The predicted octanol–water partition coefficient (Wildman–Crippen LogP) is 5.31. The van der Waals surface area contributed by atoms with E-state index in [1.165, 1.54) is 12.0 Å². The highest BCUT2D eigenvalue weighted by Crippen LogP contribution is 2.30. The minimum absolute atomic E-state index is 0. The molecule has 0 aromatic heterocycles. The molecule has 1 N–H and O–H groups in total. The quantitative estimate of drug-likeness (QED) is 0.715. The van der Waals surface area contributed by atoms with Gasteiger partial charge in [-0.15, -0.1) is 24.8 Å². The normalized spacial score (nSPS) is 15.7. The van der Waals surface area contributed by atoms with Crippen LogP contribution in [0.2, 0.25) is 0 Å². The molecular weight excluding hydrogens is 367 g/mol. The molecule has 1 saturated heterocycles. The lowest BCUT2D eigenvalue weighted by Crippen LogP contribution is -2.45. The highest BCUT2D eigenvalue weighted by molar-refractivity contribution is 5.85. The van der Waals surface area contributed by atoms with E-state index in [1.807, 2.05) is 30.3 Å². The van der Waals surface area contributed by atoms with Gasteiger partial charge in [0.1, 0.15) is 11.5 Å². The second kappa shape index (κ2) is 11.5. The van der Waals surface area contributed by atoms with Gasteiger partial charge >= 0.3 is 0 Å². The fourth-order valence-corrected chi connectivity index (χ4v) is 3.32. The summed E-state index contributed by atoms with van der Waals surface area (Å²) in [6.07, 6.45) is 1.19. The van der Waals surface area contributed by atoms with Crippen molar-refractivity contribution in [3.05, 3.63) is 60.2 Å². The van der Waals surface area contributed by atoms with Crippen molar-refractivity contribution >= 4 is 24.8 Å². The molecule has 3 nitrogen and oxygen atoms in total. The average Bonchev–Trinajstić information content (AvgIpc) is 2.62. The van der Waals surface area contributed by atoms with Gasteiger partial charge in [0.2, 0.25) is 0 Å². The topological polar surface area (TPSA) is 24.5 Å². The van der Waals surface area contributed by atoms with Crippen LogP contribution in [0.15, 0.2) is 54.6 Å². The summed E-state index contributed by atoms with van der Waals surface area (Å²) in [5.41, 5.74) is 1.39. The second-order valence-corrected chi connectivity index (χ2v) is 6.92. The standard InChI is InChI=1S/C21H28N2O.2ClH/c1-17(2)16-21(23-14-12-22-13-15-23)18-8-10-20(11-9-18)24-19-6-4-3-5-7-19;;/h3-11,17,21-22H,12-16H2,1-2H3;2*1H/t21-;;/m1../s1. The molecule has 1 atom stereocenters. The van der Waals surface area contributed by atoms with E-state index in [1.54, 1.807) is 0 Å². The number of rotatable bonds is 6. The van der Waals surface area contributed by atoms with Crippen molar-refractivity contribution < 1.29 is 4.74 Å². The molecule has 3 rings (SSSR count). The molecule has 0 bridgehead atoms. The first-order chi connectivity index (χ1) is 11.7. The van der Waals surface area contributed by atoms with Crippen molar-refractivity contribution in [3.63, 3.8) is 0 Å². The summed E-state index contributed by atoms with van der Waals surface area (Å²) in [5, 5.41) is 3.45. The Morgan fingerprint density at radius 3 is 2.04 bits per heavy atom. The van der Waals surface area contributed by atoms with Gasteiger partial charge in [0.15, 0.2) is 0 Å². The first kappa shape index (κ1) is 22.8. The van der Waals surface area contributed by atoms with E-state index in [4.69, 9.17) is 4.74 Å². The van der Waals surface area contributed by atoms with Gasteiger partial charge in [-0.25, -0.2) is 0 Å². The molecule has 2 aromatic rings. The number of hydrogen-bond acceptors (Lipinski definition) is 3. The highest BCUT2D eigenvalue weighted by Gasteiger charge is 2.23. The number of para-hydroxylation sites is 1. The van der Waals surface area contributed by atoms with Gasteiger partial charge in [0.05, 0.1) is 0 Å². The summed E-state index contributed by atoms with van der Waals surface area (Å²) in [7, 11) is 0. The zero-order valence-electron chi connectivity index (χ0n) is 15.6. The molecule has 5 heteroatoms. The van der Waals surface area contributed by atoms with Gasteiger partial charge in [0, 0.05) is 32.2 Å². The summed E-state index contributed by atoms with van der Waals surface area (Å²) < 4.78 is 5.92. The fraction of sp³-hybridized carbons (Fsp3) is 0.429. The SMILES string of the molecule is CC(C)C[C@H](c1ccc(Oc2ccccc2)cc1)N1CCNCC1.Cl.Cl. The van der Waals surface area contributed by atoms with E-state index < -0.39 is 0 Å². The van der Waals surface area contributed by atoms with Crippen LogP contribution in [0.5, 0.6) is 11.5 Å². The van der Waals surface area contributed by atoms with Crippen molar-refractivity contribution in [1.29, 1.82) is 0 Å². The summed E-state index contributed by atoms with van der Waals surface area (Å²) >= 11 is 0. The Hall–Kier alpha value is -1.26. The van der Waals surface area contributed by atoms with Crippen molar-refractivity contribution in [1.82, 2.24) is 10.2 Å². The molecular formula is C21H30Cl2N2O. The van der Waals surface area contributed by atoms with Gasteiger partial charge in [-0.2, -0.15) is 0 Å². The maximum absolute atomic E-state index is 5.92. The van der Waals surface area contributed by atoms with Crippen LogP contribution in [0.4, 0.5) is 0 Å². The van der Waals surface area contributed by atoms with E-state index in [-0.39, 0.29) is 24.8 Å². The second-order valence-electron chi connectivity index (χ2n) is 6.92. The van der Waals surface area contributed by atoms with E-state index in [9.17, 15) is 0 Å². The zero-order chi connectivity index (χ0) is 16.8. The molecule has 0 spiro atoms. The summed E-state index contributed by atoms with van der Waals surface area (Å²) in [6.45, 7) is 9.04. The summed E-state index contributed by atoms with van der Waals surface area (Å²) in [4.78, 5) is 2.61. The minimum atomic E-state index is 0. The molecule has 2 aromatic carbocycles. The molecule has 0 aliphatic carbocycles. The first-order valence-electron chi connectivity index (χ1n) is 9.00. The predicted molar refractivity (Wildman–Crippen MR) is 114 cm³/mol. The van der Waals surface area contributed by atoms with Gasteiger partial charge in [-0.1, -0.05) is 44.2 Å². The van der Waals surface area contributed by atoms with Crippen LogP contribution >= 0.6 is 24.8 Å². The third-order valence-corrected chi connectivity index (χ3v) is 4.53. The molecule has 1 fully saturated rings. The van der Waals surface area contributed by atoms with Crippen molar-refractivity contribution in [2.45, 2.75) is 26.3 Å². The molecule has 26 heavy (non-hydrogen) atoms. The number of ether oxygens (including phenoxy) is 1. The van der Waals surface area contributed by atoms with Crippen LogP contribution in [0.25, 0.3) is 0 Å². The Morgan fingerprint density at radius 1 is 0.885 bits per heavy atom. The van der Waals surface area contributed by atoms with E-state index in [2.05, 4.69) is 48.3 Å². The molecule has 1 heterocycles. The van der Waals surface area contributed by atoms with Crippen molar-refractivity contribution in [3.8, 4) is 11.5 Å². The molecule has 1 aliphatic heterocycles. The smallest absolute Gasteiger partial charge is 0.127 e. The lowest BCUT2D eigenvalue weighted by Gasteiger charge is -2.36. The van der Waals surface area contributed by atoms with Crippen LogP contribution in [0.1, 0.15) is 31.9 Å². The molecule has 0 unspecified atom stereocenters. The van der Waals surface area contributed by atoms with Crippen LogP contribution in [-0.4, -0.2) is 31.1 Å². The monoisotopic (exact) mass is 396 g/mol. The number of nitrogens with one attached hydrogen (secondary N) is 1. The average molecular weight is 397 g/mol. The number of nitrogens with zero attached hydrogens (tertiary/aromatic N) is 1.